The second-order valence-electron chi connectivity index (χ2n) is 6.38. The number of hydrogen-bond acceptors (Lipinski definition) is 3. The largest absolute Gasteiger partial charge is 0.433 e. The first-order valence-corrected chi connectivity index (χ1v) is 9.53. The Labute approximate surface area is 123 Å². The first-order valence-electron chi connectivity index (χ1n) is 6.62. The van der Waals surface area contributed by atoms with E-state index in [2.05, 4.69) is 25.8 Å². The fraction of sp³-hybridized carbons (Fsp3) is 0.692. The first-order chi connectivity index (χ1) is 9.40. The van der Waals surface area contributed by atoms with Crippen LogP contribution in [-0.2, 0) is 17.1 Å². The van der Waals surface area contributed by atoms with Gasteiger partial charge in [0.15, 0.2) is 20.4 Å². The van der Waals surface area contributed by atoms with Crippen LogP contribution in [0.5, 0.6) is 0 Å². The molecule has 0 atom stereocenters. The number of hydrogen-bond donors (Lipinski definition) is 0. The predicted molar refractivity (Wildman–Crippen MR) is 75.8 cm³/mol. The summed E-state index contributed by atoms with van der Waals surface area (Å²) in [6.07, 6.45) is -3.54. The smallest absolute Gasteiger partial charge is 0.415 e. The number of alkyl halides is 3. The molecule has 120 valence electrons. The van der Waals surface area contributed by atoms with E-state index in [1.807, 2.05) is 13.1 Å². The standard InChI is InChI=1S/C13H21F3N2O2Si/c1-12(2,3)21(4,5)20-7-6-18-10(13(14,15)16)8-17-11(18)9-19/h8-9H,6-7H2,1-5H3. The topological polar surface area (TPSA) is 44.1 Å². The van der Waals surface area contributed by atoms with Crippen molar-refractivity contribution in [3.8, 4) is 0 Å². The summed E-state index contributed by atoms with van der Waals surface area (Å²) in [5, 5.41) is -0.0255. The fourth-order valence-corrected chi connectivity index (χ4v) is 2.59. The number of nitrogens with zero attached hydrogens (tertiary/aromatic N) is 2. The molecule has 0 saturated carbocycles. The minimum absolute atomic E-state index is 0.0255. The lowest BCUT2D eigenvalue weighted by Crippen LogP contribution is -2.41. The van der Waals surface area contributed by atoms with Gasteiger partial charge in [0.2, 0.25) is 0 Å². The van der Waals surface area contributed by atoms with E-state index in [1.54, 1.807) is 0 Å². The van der Waals surface area contributed by atoms with Gasteiger partial charge < -0.3 is 8.99 Å². The van der Waals surface area contributed by atoms with Crippen molar-refractivity contribution >= 4 is 14.6 Å². The summed E-state index contributed by atoms with van der Waals surface area (Å²) in [4.78, 5) is 14.3. The molecule has 21 heavy (non-hydrogen) atoms. The third kappa shape index (κ3) is 4.16. The summed E-state index contributed by atoms with van der Waals surface area (Å²) in [6, 6.07) is 0. The van der Waals surface area contributed by atoms with Gasteiger partial charge in [-0.25, -0.2) is 4.98 Å². The van der Waals surface area contributed by atoms with Gasteiger partial charge in [0, 0.05) is 6.54 Å². The van der Waals surface area contributed by atoms with Gasteiger partial charge in [-0.2, -0.15) is 13.2 Å². The molecule has 0 aliphatic carbocycles. The number of rotatable bonds is 5. The molecule has 0 bridgehead atoms. The van der Waals surface area contributed by atoms with Gasteiger partial charge in [-0.05, 0) is 18.1 Å². The molecule has 0 N–H and O–H groups in total. The van der Waals surface area contributed by atoms with Gasteiger partial charge in [0.1, 0.15) is 5.69 Å². The van der Waals surface area contributed by atoms with Crippen molar-refractivity contribution in [3.63, 3.8) is 0 Å². The highest BCUT2D eigenvalue weighted by Crippen LogP contribution is 2.36. The Hall–Kier alpha value is -1.15. The molecule has 1 rings (SSSR count). The molecule has 0 spiro atoms. The third-order valence-corrected chi connectivity index (χ3v) is 8.40. The Bertz CT molecular complexity index is 504. The summed E-state index contributed by atoms with van der Waals surface area (Å²) < 4.78 is 45.2. The number of halogens is 3. The van der Waals surface area contributed by atoms with Crippen molar-refractivity contribution in [2.75, 3.05) is 6.61 Å². The highest BCUT2D eigenvalue weighted by Gasteiger charge is 2.38. The molecule has 0 amide bonds. The van der Waals surface area contributed by atoms with Crippen LogP contribution in [0.15, 0.2) is 6.20 Å². The molecular weight excluding hydrogens is 301 g/mol. The van der Waals surface area contributed by atoms with E-state index < -0.39 is 20.2 Å². The first kappa shape index (κ1) is 17.9. The summed E-state index contributed by atoms with van der Waals surface area (Å²) >= 11 is 0. The molecule has 1 heterocycles. The van der Waals surface area contributed by atoms with E-state index in [4.69, 9.17) is 4.43 Å². The Balaban J connectivity index is 2.85. The van der Waals surface area contributed by atoms with E-state index in [-0.39, 0.29) is 24.0 Å². The van der Waals surface area contributed by atoms with Crippen molar-refractivity contribution in [1.29, 1.82) is 0 Å². The highest BCUT2D eigenvalue weighted by molar-refractivity contribution is 6.74. The molecule has 0 saturated heterocycles. The zero-order valence-corrected chi connectivity index (χ0v) is 13.9. The van der Waals surface area contributed by atoms with Crippen molar-refractivity contribution in [1.82, 2.24) is 9.55 Å². The minimum Gasteiger partial charge on any atom is -0.415 e. The van der Waals surface area contributed by atoms with Crippen molar-refractivity contribution in [2.45, 2.75) is 51.6 Å². The zero-order valence-electron chi connectivity index (χ0n) is 12.9. The van der Waals surface area contributed by atoms with Gasteiger partial charge in [-0.15, -0.1) is 0 Å². The number of carbonyl (C=O) groups excluding carboxylic acids is 1. The lowest BCUT2D eigenvalue weighted by atomic mass is 10.2. The third-order valence-electron chi connectivity index (χ3n) is 3.87. The zero-order chi connectivity index (χ0) is 16.5. The Morgan fingerprint density at radius 1 is 1.33 bits per heavy atom. The van der Waals surface area contributed by atoms with Crippen molar-refractivity contribution in [3.05, 3.63) is 17.7 Å². The fourth-order valence-electron chi connectivity index (χ4n) is 1.55. The highest BCUT2D eigenvalue weighted by atomic mass is 28.4. The summed E-state index contributed by atoms with van der Waals surface area (Å²) in [5.41, 5.74) is -0.927. The molecule has 0 aliphatic heterocycles. The van der Waals surface area contributed by atoms with Gasteiger partial charge in [0.05, 0.1) is 12.8 Å². The predicted octanol–water partition coefficient (Wildman–Crippen LogP) is 3.74. The number of carbonyl (C=O) groups is 1. The van der Waals surface area contributed by atoms with Crippen LogP contribution in [-0.4, -0.2) is 30.8 Å². The van der Waals surface area contributed by atoms with Gasteiger partial charge in [-0.1, -0.05) is 20.8 Å². The van der Waals surface area contributed by atoms with Crippen LogP contribution in [0.4, 0.5) is 13.2 Å². The van der Waals surface area contributed by atoms with Gasteiger partial charge >= 0.3 is 6.18 Å². The number of aromatic nitrogens is 2. The van der Waals surface area contributed by atoms with E-state index >= 15 is 0 Å². The number of imidazole rings is 1. The monoisotopic (exact) mass is 322 g/mol. The minimum atomic E-state index is -4.54. The van der Waals surface area contributed by atoms with Crippen LogP contribution in [0.1, 0.15) is 37.1 Å². The SMILES string of the molecule is CC(C)(C)[Si](C)(C)OCCn1c(C(F)(F)F)cnc1C=O. The molecule has 0 aliphatic rings. The van der Waals surface area contributed by atoms with Crippen LogP contribution in [0.3, 0.4) is 0 Å². The van der Waals surface area contributed by atoms with Crippen LogP contribution in [0, 0.1) is 0 Å². The maximum Gasteiger partial charge on any atom is 0.433 e. The molecule has 0 fully saturated rings. The molecule has 0 aromatic carbocycles. The normalized spacial score (nSPS) is 13.5. The van der Waals surface area contributed by atoms with E-state index in [0.717, 1.165) is 4.57 Å². The number of aldehydes is 1. The molecular formula is C13H21F3N2O2Si. The lowest BCUT2D eigenvalue weighted by molar-refractivity contribution is -0.143. The van der Waals surface area contributed by atoms with Crippen LogP contribution in [0.25, 0.3) is 0 Å². The Kier molecular flexibility index (Phi) is 5.04. The van der Waals surface area contributed by atoms with Gasteiger partial charge in [-0.3, -0.25) is 4.79 Å². The molecule has 1 aromatic heterocycles. The van der Waals surface area contributed by atoms with E-state index in [1.165, 1.54) is 0 Å². The maximum absolute atomic E-state index is 12.8. The average Bonchev–Trinajstić information content (AvgIpc) is 2.70. The summed E-state index contributed by atoms with van der Waals surface area (Å²) in [5.74, 6) is -0.235. The van der Waals surface area contributed by atoms with Crippen LogP contribution < -0.4 is 0 Å². The Morgan fingerprint density at radius 3 is 2.33 bits per heavy atom. The molecule has 1 aromatic rings. The van der Waals surface area contributed by atoms with Gasteiger partial charge in [0.25, 0.3) is 0 Å². The quantitative estimate of drug-likeness (QED) is 0.613. The molecule has 0 radical (unpaired) electrons. The molecule has 4 nitrogen and oxygen atoms in total. The Morgan fingerprint density at radius 2 is 1.90 bits per heavy atom. The van der Waals surface area contributed by atoms with Crippen LogP contribution >= 0.6 is 0 Å². The van der Waals surface area contributed by atoms with Crippen molar-refractivity contribution in [2.24, 2.45) is 0 Å². The molecule has 0 unspecified atom stereocenters. The van der Waals surface area contributed by atoms with Crippen molar-refractivity contribution < 1.29 is 22.4 Å². The van der Waals surface area contributed by atoms with Crippen LogP contribution in [0.2, 0.25) is 18.1 Å². The summed E-state index contributed by atoms with van der Waals surface area (Å²) in [6.45, 7) is 10.3. The maximum atomic E-state index is 12.8. The second-order valence-corrected chi connectivity index (χ2v) is 11.2. The summed E-state index contributed by atoms with van der Waals surface area (Å²) in [7, 11) is -2.03. The van der Waals surface area contributed by atoms with E-state index in [9.17, 15) is 18.0 Å². The molecule has 8 heteroatoms. The van der Waals surface area contributed by atoms with E-state index in [0.29, 0.717) is 12.5 Å². The second kappa shape index (κ2) is 5.92. The lowest BCUT2D eigenvalue weighted by Gasteiger charge is -2.36. The average molecular weight is 322 g/mol.